The number of hydrogen-bond donors (Lipinski definition) is 1. The molecule has 1 amide bonds. The fourth-order valence-electron chi connectivity index (χ4n) is 2.99. The largest absolute Gasteiger partial charge is 0.452 e. The Kier molecular flexibility index (Phi) is 5.99. The summed E-state index contributed by atoms with van der Waals surface area (Å²) in [6.45, 7) is 5.61. The molecule has 144 valence electrons. The molecular weight excluding hydrogens is 420 g/mol. The van der Waals surface area contributed by atoms with Crippen LogP contribution in [0.3, 0.4) is 0 Å². The zero-order valence-electron chi connectivity index (χ0n) is 16.0. The van der Waals surface area contributed by atoms with Gasteiger partial charge in [0.2, 0.25) is 0 Å². The standard InChI is InChI=1S/C22H21BrN2O3/c1-14-12-18(23)8-11-20(14)24-21(26)13-28-22(27)17-6-9-19(10-7-17)25-15(2)4-5-16(25)3/h4-12H,13H2,1-3H3,(H,24,26). The Labute approximate surface area is 172 Å². The van der Waals surface area contributed by atoms with Crippen LogP contribution in [0.15, 0.2) is 59.1 Å². The third-order valence-electron chi connectivity index (χ3n) is 4.43. The van der Waals surface area contributed by atoms with E-state index in [4.69, 9.17) is 4.74 Å². The quantitative estimate of drug-likeness (QED) is 0.570. The van der Waals surface area contributed by atoms with Gasteiger partial charge in [-0.2, -0.15) is 0 Å². The average Bonchev–Trinajstić information content (AvgIpc) is 3.00. The minimum Gasteiger partial charge on any atom is -0.452 e. The number of nitrogens with zero attached hydrogens (tertiary/aromatic N) is 1. The SMILES string of the molecule is Cc1cc(Br)ccc1NC(=O)COC(=O)c1ccc(-n2c(C)ccc2C)cc1. The highest BCUT2D eigenvalue weighted by Crippen LogP contribution is 2.20. The lowest BCUT2D eigenvalue weighted by Gasteiger charge is -2.11. The van der Waals surface area contributed by atoms with Gasteiger partial charge in [-0.3, -0.25) is 4.79 Å². The molecule has 0 fully saturated rings. The summed E-state index contributed by atoms with van der Waals surface area (Å²) in [6.07, 6.45) is 0. The molecule has 2 aromatic carbocycles. The van der Waals surface area contributed by atoms with Gasteiger partial charge >= 0.3 is 5.97 Å². The normalized spacial score (nSPS) is 10.6. The van der Waals surface area contributed by atoms with E-state index in [2.05, 4.69) is 25.8 Å². The first kappa shape index (κ1) is 19.9. The van der Waals surface area contributed by atoms with Crippen molar-refractivity contribution in [2.45, 2.75) is 20.8 Å². The van der Waals surface area contributed by atoms with Crippen molar-refractivity contribution >= 4 is 33.5 Å². The Balaban J connectivity index is 1.59. The first-order valence-corrected chi connectivity index (χ1v) is 9.63. The summed E-state index contributed by atoms with van der Waals surface area (Å²) in [4.78, 5) is 24.3. The molecule has 0 aliphatic heterocycles. The van der Waals surface area contributed by atoms with Crippen LogP contribution < -0.4 is 5.32 Å². The van der Waals surface area contributed by atoms with Gasteiger partial charge in [0.1, 0.15) is 0 Å². The molecule has 1 N–H and O–H groups in total. The monoisotopic (exact) mass is 440 g/mol. The lowest BCUT2D eigenvalue weighted by atomic mass is 10.2. The lowest BCUT2D eigenvalue weighted by Crippen LogP contribution is -2.21. The summed E-state index contributed by atoms with van der Waals surface area (Å²) >= 11 is 3.38. The highest BCUT2D eigenvalue weighted by molar-refractivity contribution is 9.10. The third-order valence-corrected chi connectivity index (χ3v) is 4.92. The van der Waals surface area contributed by atoms with E-state index in [0.29, 0.717) is 11.3 Å². The smallest absolute Gasteiger partial charge is 0.338 e. The number of carbonyl (C=O) groups is 2. The molecule has 6 heteroatoms. The van der Waals surface area contributed by atoms with Crippen LogP contribution in [-0.4, -0.2) is 23.1 Å². The van der Waals surface area contributed by atoms with Gasteiger partial charge in [0.05, 0.1) is 5.56 Å². The number of benzene rings is 2. The van der Waals surface area contributed by atoms with Crippen LogP contribution in [0.2, 0.25) is 0 Å². The number of ether oxygens (including phenoxy) is 1. The summed E-state index contributed by atoms with van der Waals surface area (Å²) < 4.78 is 8.17. The molecule has 28 heavy (non-hydrogen) atoms. The van der Waals surface area contributed by atoms with Crippen LogP contribution in [0.4, 0.5) is 5.69 Å². The summed E-state index contributed by atoms with van der Waals surface area (Å²) in [5, 5.41) is 2.74. The number of aromatic nitrogens is 1. The summed E-state index contributed by atoms with van der Waals surface area (Å²) in [5.74, 6) is -0.913. The van der Waals surface area contributed by atoms with Crippen LogP contribution in [0.1, 0.15) is 27.3 Å². The second-order valence-electron chi connectivity index (χ2n) is 6.58. The first-order valence-electron chi connectivity index (χ1n) is 8.83. The van der Waals surface area contributed by atoms with Crippen molar-refractivity contribution in [2.24, 2.45) is 0 Å². The molecule has 0 aliphatic carbocycles. The van der Waals surface area contributed by atoms with E-state index < -0.39 is 5.97 Å². The van der Waals surface area contributed by atoms with E-state index >= 15 is 0 Å². The average molecular weight is 441 g/mol. The highest BCUT2D eigenvalue weighted by atomic mass is 79.9. The number of amides is 1. The van der Waals surface area contributed by atoms with Crippen molar-refractivity contribution in [2.75, 3.05) is 11.9 Å². The Morgan fingerprint density at radius 1 is 0.964 bits per heavy atom. The molecule has 3 rings (SSSR count). The van der Waals surface area contributed by atoms with Crippen LogP contribution in [-0.2, 0) is 9.53 Å². The number of nitrogens with one attached hydrogen (secondary N) is 1. The zero-order chi connectivity index (χ0) is 20.3. The number of esters is 1. The molecule has 0 unspecified atom stereocenters. The Hall–Kier alpha value is -2.86. The second-order valence-corrected chi connectivity index (χ2v) is 7.50. The molecule has 0 saturated carbocycles. The molecular formula is C22H21BrN2O3. The molecule has 0 saturated heterocycles. The number of aryl methyl sites for hydroxylation is 3. The number of carbonyl (C=O) groups excluding carboxylic acids is 2. The van der Waals surface area contributed by atoms with Gasteiger partial charge in [0.15, 0.2) is 6.61 Å². The van der Waals surface area contributed by atoms with Crippen molar-refractivity contribution in [3.63, 3.8) is 0 Å². The van der Waals surface area contributed by atoms with E-state index in [1.807, 2.05) is 57.2 Å². The van der Waals surface area contributed by atoms with Gasteiger partial charge in [-0.05, 0) is 80.9 Å². The fraction of sp³-hybridized carbons (Fsp3) is 0.182. The number of rotatable bonds is 5. The molecule has 1 heterocycles. The summed E-state index contributed by atoms with van der Waals surface area (Å²) in [7, 11) is 0. The fourth-order valence-corrected chi connectivity index (χ4v) is 3.47. The topological polar surface area (TPSA) is 60.3 Å². The van der Waals surface area contributed by atoms with Crippen molar-refractivity contribution in [1.29, 1.82) is 0 Å². The maximum atomic E-state index is 12.2. The van der Waals surface area contributed by atoms with E-state index in [9.17, 15) is 9.59 Å². The number of anilines is 1. The predicted molar refractivity (Wildman–Crippen MR) is 113 cm³/mol. The number of halogens is 1. The first-order chi connectivity index (χ1) is 13.3. The second kappa shape index (κ2) is 8.44. The van der Waals surface area contributed by atoms with Gasteiger partial charge in [-0.15, -0.1) is 0 Å². The van der Waals surface area contributed by atoms with Gasteiger partial charge < -0.3 is 14.6 Å². The Morgan fingerprint density at radius 3 is 2.21 bits per heavy atom. The van der Waals surface area contributed by atoms with Crippen molar-refractivity contribution in [1.82, 2.24) is 4.57 Å². The van der Waals surface area contributed by atoms with Crippen molar-refractivity contribution in [3.8, 4) is 5.69 Å². The van der Waals surface area contributed by atoms with Gasteiger partial charge in [0.25, 0.3) is 5.91 Å². The lowest BCUT2D eigenvalue weighted by molar-refractivity contribution is -0.119. The Morgan fingerprint density at radius 2 is 1.61 bits per heavy atom. The number of hydrogen-bond acceptors (Lipinski definition) is 3. The van der Waals surface area contributed by atoms with E-state index in [0.717, 1.165) is 27.1 Å². The van der Waals surface area contributed by atoms with Crippen molar-refractivity contribution in [3.05, 3.63) is 81.6 Å². The van der Waals surface area contributed by atoms with Gasteiger partial charge in [0, 0.05) is 27.2 Å². The summed E-state index contributed by atoms with van der Waals surface area (Å²) in [6, 6.07) is 16.8. The van der Waals surface area contributed by atoms with Crippen LogP contribution >= 0.6 is 15.9 Å². The molecule has 0 radical (unpaired) electrons. The molecule has 0 spiro atoms. The van der Waals surface area contributed by atoms with E-state index in [1.54, 1.807) is 18.2 Å². The maximum absolute atomic E-state index is 12.2. The maximum Gasteiger partial charge on any atom is 0.338 e. The van der Waals surface area contributed by atoms with E-state index in [-0.39, 0.29) is 12.5 Å². The minimum atomic E-state index is -0.532. The Bertz CT molecular complexity index is 1000. The van der Waals surface area contributed by atoms with Crippen molar-refractivity contribution < 1.29 is 14.3 Å². The molecule has 0 atom stereocenters. The highest BCUT2D eigenvalue weighted by Gasteiger charge is 2.12. The van der Waals surface area contributed by atoms with Crippen LogP contribution in [0.25, 0.3) is 5.69 Å². The molecule has 5 nitrogen and oxygen atoms in total. The van der Waals surface area contributed by atoms with Crippen LogP contribution in [0.5, 0.6) is 0 Å². The zero-order valence-corrected chi connectivity index (χ0v) is 17.5. The molecule has 0 bridgehead atoms. The van der Waals surface area contributed by atoms with Crippen LogP contribution in [0, 0.1) is 20.8 Å². The van der Waals surface area contributed by atoms with Gasteiger partial charge in [-0.25, -0.2) is 4.79 Å². The molecule has 3 aromatic rings. The molecule has 1 aromatic heterocycles. The summed E-state index contributed by atoms with van der Waals surface area (Å²) in [5.41, 5.74) is 5.21. The van der Waals surface area contributed by atoms with Gasteiger partial charge in [-0.1, -0.05) is 15.9 Å². The van der Waals surface area contributed by atoms with E-state index in [1.165, 1.54) is 0 Å². The minimum absolute atomic E-state index is 0.341. The third kappa shape index (κ3) is 4.51. The molecule has 0 aliphatic rings. The predicted octanol–water partition coefficient (Wildman–Crippen LogP) is 4.96.